The molecule has 0 aliphatic rings. The molecular formula is C20H25F2NO2. The first-order valence-corrected chi connectivity index (χ1v) is 8.46. The highest BCUT2D eigenvalue weighted by Gasteiger charge is 2.16. The van der Waals surface area contributed by atoms with E-state index in [-0.39, 0.29) is 6.61 Å². The highest BCUT2D eigenvalue weighted by Crippen LogP contribution is 2.14. The van der Waals surface area contributed by atoms with Crippen LogP contribution in [-0.2, 0) is 6.54 Å². The predicted octanol–water partition coefficient (Wildman–Crippen LogP) is 3.86. The Balaban J connectivity index is 1.94. The molecule has 0 unspecified atom stereocenters. The highest BCUT2D eigenvalue weighted by molar-refractivity contribution is 5.21. The second kappa shape index (κ2) is 9.49. The first kappa shape index (κ1) is 19.3. The van der Waals surface area contributed by atoms with Crippen molar-refractivity contribution in [2.75, 3.05) is 19.7 Å². The van der Waals surface area contributed by atoms with Gasteiger partial charge in [0.2, 0.25) is 0 Å². The minimum absolute atomic E-state index is 0.157. The Morgan fingerprint density at radius 1 is 1.04 bits per heavy atom. The molecule has 1 atom stereocenters. The Bertz CT molecular complexity index is 649. The summed E-state index contributed by atoms with van der Waals surface area (Å²) in [5.74, 6) is -0.107. The number of aliphatic hydroxyl groups is 1. The predicted molar refractivity (Wildman–Crippen MR) is 94.4 cm³/mol. The average molecular weight is 349 g/mol. The van der Waals surface area contributed by atoms with E-state index in [1.54, 1.807) is 0 Å². The first-order valence-electron chi connectivity index (χ1n) is 8.46. The number of benzene rings is 2. The Kier molecular flexibility index (Phi) is 7.34. The molecule has 0 aliphatic heterocycles. The molecule has 5 heteroatoms. The van der Waals surface area contributed by atoms with Crippen molar-refractivity contribution >= 4 is 0 Å². The molecule has 0 fully saturated rings. The van der Waals surface area contributed by atoms with Gasteiger partial charge in [-0.2, -0.15) is 0 Å². The molecule has 3 nitrogen and oxygen atoms in total. The normalized spacial score (nSPS) is 12.6. The standard InChI is InChI=1S/C20H25F2NO2/c1-15(2)11-23(12-16-8-9-17(21)10-20(16)22)13-18(24)14-25-19-6-4-3-5-7-19/h3-10,15,18,24H,11-14H2,1-2H3/t18-/m0/s1. The summed E-state index contributed by atoms with van der Waals surface area (Å²) < 4.78 is 32.5. The van der Waals surface area contributed by atoms with Crippen molar-refractivity contribution in [2.24, 2.45) is 5.92 Å². The van der Waals surface area contributed by atoms with Crippen molar-refractivity contribution in [3.8, 4) is 5.75 Å². The van der Waals surface area contributed by atoms with Crippen LogP contribution in [-0.4, -0.2) is 35.8 Å². The number of ether oxygens (including phenoxy) is 1. The molecule has 0 saturated carbocycles. The fraction of sp³-hybridized carbons (Fsp3) is 0.400. The zero-order valence-electron chi connectivity index (χ0n) is 14.7. The zero-order valence-corrected chi connectivity index (χ0v) is 14.7. The Labute approximate surface area is 147 Å². The van der Waals surface area contributed by atoms with E-state index in [0.717, 1.165) is 6.07 Å². The monoisotopic (exact) mass is 349 g/mol. The van der Waals surface area contributed by atoms with Gasteiger partial charge < -0.3 is 9.84 Å². The van der Waals surface area contributed by atoms with Crippen molar-refractivity contribution in [1.29, 1.82) is 0 Å². The fourth-order valence-corrected chi connectivity index (χ4v) is 2.67. The van der Waals surface area contributed by atoms with Crippen LogP contribution in [0.2, 0.25) is 0 Å². The summed E-state index contributed by atoms with van der Waals surface area (Å²) in [6.07, 6.45) is -0.706. The van der Waals surface area contributed by atoms with E-state index < -0.39 is 17.7 Å². The van der Waals surface area contributed by atoms with Crippen molar-refractivity contribution in [1.82, 2.24) is 4.90 Å². The lowest BCUT2D eigenvalue weighted by Crippen LogP contribution is -2.37. The van der Waals surface area contributed by atoms with Gasteiger partial charge in [-0.05, 0) is 24.1 Å². The van der Waals surface area contributed by atoms with E-state index in [1.807, 2.05) is 35.2 Å². The molecular weight excluding hydrogens is 324 g/mol. The molecule has 2 aromatic carbocycles. The van der Waals surface area contributed by atoms with Gasteiger partial charge in [-0.1, -0.05) is 38.1 Å². The zero-order chi connectivity index (χ0) is 18.2. The van der Waals surface area contributed by atoms with Crippen LogP contribution in [0.1, 0.15) is 19.4 Å². The number of halogens is 2. The molecule has 136 valence electrons. The largest absolute Gasteiger partial charge is 0.491 e. The van der Waals surface area contributed by atoms with Gasteiger partial charge in [-0.25, -0.2) is 8.78 Å². The molecule has 0 heterocycles. The number of rotatable bonds is 9. The maximum Gasteiger partial charge on any atom is 0.130 e. The lowest BCUT2D eigenvalue weighted by Gasteiger charge is -2.27. The van der Waals surface area contributed by atoms with E-state index in [2.05, 4.69) is 13.8 Å². The van der Waals surface area contributed by atoms with Gasteiger partial charge >= 0.3 is 0 Å². The third kappa shape index (κ3) is 6.80. The van der Waals surface area contributed by atoms with Gasteiger partial charge in [-0.3, -0.25) is 4.90 Å². The van der Waals surface area contributed by atoms with Crippen LogP contribution in [0.5, 0.6) is 5.75 Å². The summed E-state index contributed by atoms with van der Waals surface area (Å²) in [5.41, 5.74) is 0.415. The van der Waals surface area contributed by atoms with E-state index in [0.29, 0.717) is 36.9 Å². The smallest absolute Gasteiger partial charge is 0.130 e. The first-order chi connectivity index (χ1) is 11.9. The lowest BCUT2D eigenvalue weighted by molar-refractivity contribution is 0.0611. The molecule has 0 aromatic heterocycles. The van der Waals surface area contributed by atoms with E-state index in [1.165, 1.54) is 12.1 Å². The summed E-state index contributed by atoms with van der Waals surface area (Å²) in [7, 11) is 0. The van der Waals surface area contributed by atoms with Crippen molar-refractivity contribution < 1.29 is 18.6 Å². The van der Waals surface area contributed by atoms with E-state index in [4.69, 9.17) is 4.74 Å². The lowest BCUT2D eigenvalue weighted by atomic mass is 10.1. The second-order valence-electron chi connectivity index (χ2n) is 6.60. The topological polar surface area (TPSA) is 32.7 Å². The summed E-state index contributed by atoms with van der Waals surface area (Å²) >= 11 is 0. The highest BCUT2D eigenvalue weighted by atomic mass is 19.1. The summed E-state index contributed by atoms with van der Waals surface area (Å²) in [5, 5.41) is 10.3. The van der Waals surface area contributed by atoms with E-state index in [9.17, 15) is 13.9 Å². The molecule has 25 heavy (non-hydrogen) atoms. The summed E-state index contributed by atoms with van der Waals surface area (Å²) in [6, 6.07) is 12.9. The van der Waals surface area contributed by atoms with Crippen LogP contribution >= 0.6 is 0 Å². The number of hydrogen-bond acceptors (Lipinski definition) is 3. The molecule has 0 spiro atoms. The van der Waals surface area contributed by atoms with Gasteiger partial charge in [0.15, 0.2) is 0 Å². The minimum atomic E-state index is -0.706. The van der Waals surface area contributed by atoms with Gasteiger partial charge in [0.25, 0.3) is 0 Å². The van der Waals surface area contributed by atoms with Crippen LogP contribution in [0.25, 0.3) is 0 Å². The molecule has 1 N–H and O–H groups in total. The van der Waals surface area contributed by atoms with E-state index >= 15 is 0 Å². The maximum atomic E-state index is 13.9. The summed E-state index contributed by atoms with van der Waals surface area (Å²) in [4.78, 5) is 1.96. The average Bonchev–Trinajstić information content (AvgIpc) is 2.56. The van der Waals surface area contributed by atoms with Gasteiger partial charge in [-0.15, -0.1) is 0 Å². The van der Waals surface area contributed by atoms with Gasteiger partial charge in [0, 0.05) is 31.3 Å². The van der Waals surface area contributed by atoms with Crippen LogP contribution < -0.4 is 4.74 Å². The fourth-order valence-electron chi connectivity index (χ4n) is 2.67. The Morgan fingerprint density at radius 2 is 1.76 bits per heavy atom. The third-order valence-corrected chi connectivity index (χ3v) is 3.69. The number of para-hydroxylation sites is 1. The molecule has 2 rings (SSSR count). The molecule has 2 aromatic rings. The molecule has 0 amide bonds. The molecule has 0 aliphatic carbocycles. The number of aliphatic hydroxyl groups excluding tert-OH is 1. The van der Waals surface area contributed by atoms with Crippen molar-refractivity contribution in [2.45, 2.75) is 26.5 Å². The molecule has 0 bridgehead atoms. The van der Waals surface area contributed by atoms with Crippen LogP contribution in [0.15, 0.2) is 48.5 Å². The van der Waals surface area contributed by atoms with Crippen molar-refractivity contribution in [3.05, 3.63) is 65.7 Å². The SMILES string of the molecule is CC(C)CN(Cc1ccc(F)cc1F)C[C@H](O)COc1ccccc1. The minimum Gasteiger partial charge on any atom is -0.491 e. The number of nitrogens with zero attached hydrogens (tertiary/aromatic N) is 1. The van der Waals surface area contributed by atoms with Gasteiger partial charge in [0.1, 0.15) is 30.1 Å². The summed E-state index contributed by atoms with van der Waals surface area (Å²) in [6.45, 7) is 5.62. The second-order valence-corrected chi connectivity index (χ2v) is 6.60. The van der Waals surface area contributed by atoms with Crippen LogP contribution in [0.3, 0.4) is 0 Å². The molecule has 0 radical (unpaired) electrons. The quantitative estimate of drug-likeness (QED) is 0.746. The molecule has 0 saturated heterocycles. The van der Waals surface area contributed by atoms with Crippen molar-refractivity contribution in [3.63, 3.8) is 0 Å². The number of hydrogen-bond donors (Lipinski definition) is 1. The van der Waals surface area contributed by atoms with Crippen LogP contribution in [0, 0.1) is 17.6 Å². The maximum absolute atomic E-state index is 13.9. The van der Waals surface area contributed by atoms with Crippen LogP contribution in [0.4, 0.5) is 8.78 Å². The Morgan fingerprint density at radius 3 is 2.40 bits per heavy atom. The Hall–Kier alpha value is -1.98. The van der Waals surface area contributed by atoms with Gasteiger partial charge in [0.05, 0.1) is 0 Å². The third-order valence-electron chi connectivity index (χ3n) is 3.69.